The highest BCUT2D eigenvalue weighted by atomic mass is 32.2. The number of phenolic OH excluding ortho intramolecular Hbond substituents is 1. The third kappa shape index (κ3) is 1.92. The van der Waals surface area contributed by atoms with Crippen LogP contribution in [-0.4, -0.2) is 17.1 Å². The Labute approximate surface area is 74.6 Å². The van der Waals surface area contributed by atoms with Crippen molar-refractivity contribution >= 4 is 23.7 Å². The minimum atomic E-state index is 0.127. The summed E-state index contributed by atoms with van der Waals surface area (Å²) in [7, 11) is 0. The number of rotatable bonds is 3. The minimum absolute atomic E-state index is 0.127. The predicted molar refractivity (Wildman–Crippen MR) is 49.3 cm³/mol. The van der Waals surface area contributed by atoms with Crippen LogP contribution in [0, 0.1) is 0 Å². The van der Waals surface area contributed by atoms with Gasteiger partial charge in [0.2, 0.25) is 0 Å². The van der Waals surface area contributed by atoms with Crippen LogP contribution in [0.1, 0.15) is 0 Å². The van der Waals surface area contributed by atoms with Crippen molar-refractivity contribution < 1.29 is 9.90 Å². The maximum atomic E-state index is 10.1. The number of thioether (sulfide) groups is 1. The molecule has 12 heavy (non-hydrogen) atoms. The molecule has 1 aromatic rings. The van der Waals surface area contributed by atoms with E-state index in [9.17, 15) is 9.90 Å². The standard InChI is InChI=1S/C8H9NO2S/c9-6-2-1-3-7(11)8(6)12-5-4-10/h1-4,11H,5,9H2. The first-order chi connectivity index (χ1) is 5.75. The van der Waals surface area contributed by atoms with E-state index >= 15 is 0 Å². The number of hydrogen-bond donors (Lipinski definition) is 2. The van der Waals surface area contributed by atoms with Gasteiger partial charge in [-0.2, -0.15) is 0 Å². The summed E-state index contributed by atoms with van der Waals surface area (Å²) in [6.45, 7) is 0. The molecular formula is C8H9NO2S. The number of hydrogen-bond acceptors (Lipinski definition) is 4. The summed E-state index contributed by atoms with van der Waals surface area (Å²) in [6.07, 6.45) is 0.774. The molecule has 64 valence electrons. The van der Waals surface area contributed by atoms with Crippen LogP contribution in [0.4, 0.5) is 5.69 Å². The highest BCUT2D eigenvalue weighted by molar-refractivity contribution is 8.00. The van der Waals surface area contributed by atoms with Gasteiger partial charge in [0, 0.05) is 5.69 Å². The molecule has 0 saturated carbocycles. The summed E-state index contributed by atoms with van der Waals surface area (Å²) >= 11 is 1.23. The van der Waals surface area contributed by atoms with E-state index in [1.165, 1.54) is 11.8 Å². The zero-order valence-corrected chi connectivity index (χ0v) is 7.17. The summed E-state index contributed by atoms with van der Waals surface area (Å²) in [5, 5.41) is 9.30. The lowest BCUT2D eigenvalue weighted by atomic mass is 10.3. The van der Waals surface area contributed by atoms with Crippen LogP contribution in [0.25, 0.3) is 0 Å². The van der Waals surface area contributed by atoms with Gasteiger partial charge in [0.1, 0.15) is 12.0 Å². The van der Waals surface area contributed by atoms with Gasteiger partial charge < -0.3 is 15.6 Å². The lowest BCUT2D eigenvalue weighted by Gasteiger charge is -2.04. The fourth-order valence-electron chi connectivity index (χ4n) is 0.817. The van der Waals surface area contributed by atoms with Crippen LogP contribution in [0.2, 0.25) is 0 Å². The number of benzene rings is 1. The lowest BCUT2D eigenvalue weighted by Crippen LogP contribution is -1.89. The van der Waals surface area contributed by atoms with E-state index in [1.807, 2.05) is 0 Å². The number of nitrogen functional groups attached to an aromatic ring is 1. The van der Waals surface area contributed by atoms with Gasteiger partial charge in [0.05, 0.1) is 10.6 Å². The second-order valence-electron chi connectivity index (χ2n) is 2.17. The summed E-state index contributed by atoms with van der Waals surface area (Å²) in [6, 6.07) is 4.89. The van der Waals surface area contributed by atoms with Gasteiger partial charge in [-0.1, -0.05) is 6.07 Å². The van der Waals surface area contributed by atoms with E-state index in [0.29, 0.717) is 16.3 Å². The van der Waals surface area contributed by atoms with E-state index in [4.69, 9.17) is 5.73 Å². The molecule has 0 bridgehead atoms. The molecule has 1 aromatic carbocycles. The molecule has 0 unspecified atom stereocenters. The van der Waals surface area contributed by atoms with Crippen LogP contribution >= 0.6 is 11.8 Å². The Morgan fingerprint density at radius 1 is 1.58 bits per heavy atom. The van der Waals surface area contributed by atoms with Crippen molar-refractivity contribution in [1.82, 2.24) is 0 Å². The first-order valence-electron chi connectivity index (χ1n) is 3.39. The summed E-state index contributed by atoms with van der Waals surface area (Å²) in [4.78, 5) is 10.6. The van der Waals surface area contributed by atoms with Crippen molar-refractivity contribution in [3.05, 3.63) is 18.2 Å². The van der Waals surface area contributed by atoms with Crippen molar-refractivity contribution in [1.29, 1.82) is 0 Å². The Hall–Kier alpha value is -1.16. The number of carbonyl (C=O) groups is 1. The van der Waals surface area contributed by atoms with Crippen molar-refractivity contribution in [2.45, 2.75) is 4.90 Å². The number of phenols is 1. The topological polar surface area (TPSA) is 63.3 Å². The Morgan fingerprint density at radius 2 is 2.33 bits per heavy atom. The van der Waals surface area contributed by atoms with Gasteiger partial charge in [-0.25, -0.2) is 0 Å². The monoisotopic (exact) mass is 183 g/mol. The van der Waals surface area contributed by atoms with E-state index < -0.39 is 0 Å². The van der Waals surface area contributed by atoms with E-state index in [2.05, 4.69) is 0 Å². The van der Waals surface area contributed by atoms with E-state index in [-0.39, 0.29) is 5.75 Å². The molecule has 0 fully saturated rings. The highest BCUT2D eigenvalue weighted by Gasteiger charge is 2.04. The zero-order valence-electron chi connectivity index (χ0n) is 6.36. The van der Waals surface area contributed by atoms with Crippen molar-refractivity contribution in [2.24, 2.45) is 0 Å². The highest BCUT2D eigenvalue weighted by Crippen LogP contribution is 2.32. The summed E-state index contributed by atoms with van der Waals surface area (Å²) < 4.78 is 0. The number of anilines is 1. The number of carbonyl (C=O) groups excluding carboxylic acids is 1. The molecule has 4 heteroatoms. The number of aromatic hydroxyl groups is 1. The molecule has 3 N–H and O–H groups in total. The molecule has 0 heterocycles. The van der Waals surface area contributed by atoms with Gasteiger partial charge in [0.25, 0.3) is 0 Å². The van der Waals surface area contributed by atoms with Crippen molar-refractivity contribution in [3.63, 3.8) is 0 Å². The van der Waals surface area contributed by atoms with Gasteiger partial charge in [-0.05, 0) is 12.1 Å². The average molecular weight is 183 g/mol. The Bertz CT molecular complexity index is 268. The second kappa shape index (κ2) is 4.01. The molecule has 3 nitrogen and oxygen atoms in total. The average Bonchev–Trinajstić information content (AvgIpc) is 2.04. The molecule has 0 aromatic heterocycles. The zero-order chi connectivity index (χ0) is 8.97. The third-order valence-corrected chi connectivity index (χ3v) is 2.36. The van der Waals surface area contributed by atoms with E-state index in [0.717, 1.165) is 6.29 Å². The first kappa shape index (κ1) is 8.93. The predicted octanol–water partition coefficient (Wildman–Crippen LogP) is 1.27. The summed E-state index contributed by atoms with van der Waals surface area (Å²) in [5.41, 5.74) is 6.07. The number of aldehydes is 1. The third-order valence-electron chi connectivity index (χ3n) is 1.32. The van der Waals surface area contributed by atoms with Crippen LogP contribution in [0.5, 0.6) is 5.75 Å². The fraction of sp³-hybridized carbons (Fsp3) is 0.125. The van der Waals surface area contributed by atoms with Crippen molar-refractivity contribution in [3.8, 4) is 5.75 Å². The van der Waals surface area contributed by atoms with Gasteiger partial charge in [-0.15, -0.1) is 11.8 Å². The maximum Gasteiger partial charge on any atom is 0.131 e. The Kier molecular flexibility index (Phi) is 2.99. The molecule has 0 aliphatic rings. The molecule has 0 radical (unpaired) electrons. The van der Waals surface area contributed by atoms with Crippen LogP contribution < -0.4 is 5.73 Å². The van der Waals surface area contributed by atoms with Gasteiger partial charge >= 0.3 is 0 Å². The van der Waals surface area contributed by atoms with Crippen LogP contribution in [-0.2, 0) is 4.79 Å². The molecule has 0 atom stereocenters. The Morgan fingerprint density at radius 3 is 2.92 bits per heavy atom. The Balaban J connectivity index is 2.88. The lowest BCUT2D eigenvalue weighted by molar-refractivity contribution is -0.105. The van der Waals surface area contributed by atoms with Gasteiger partial charge in [-0.3, -0.25) is 0 Å². The molecule has 0 saturated heterocycles. The molecule has 0 spiro atoms. The number of nitrogens with two attached hydrogens (primary N) is 1. The molecule has 0 amide bonds. The largest absolute Gasteiger partial charge is 0.507 e. The smallest absolute Gasteiger partial charge is 0.131 e. The second-order valence-corrected chi connectivity index (χ2v) is 3.20. The summed E-state index contributed by atoms with van der Waals surface area (Å²) in [5.74, 6) is 0.434. The molecule has 0 aliphatic heterocycles. The maximum absolute atomic E-state index is 10.1. The fourth-order valence-corrected chi connectivity index (χ4v) is 1.50. The SMILES string of the molecule is Nc1cccc(O)c1SCC=O. The molecule has 0 aliphatic carbocycles. The van der Waals surface area contributed by atoms with Crippen LogP contribution in [0.15, 0.2) is 23.1 Å². The van der Waals surface area contributed by atoms with Crippen molar-refractivity contribution in [2.75, 3.05) is 11.5 Å². The minimum Gasteiger partial charge on any atom is -0.507 e. The van der Waals surface area contributed by atoms with E-state index in [1.54, 1.807) is 18.2 Å². The normalized spacial score (nSPS) is 9.67. The quantitative estimate of drug-likeness (QED) is 0.421. The molecule has 1 rings (SSSR count). The van der Waals surface area contributed by atoms with Crippen LogP contribution in [0.3, 0.4) is 0 Å². The van der Waals surface area contributed by atoms with Gasteiger partial charge in [0.15, 0.2) is 0 Å². The first-order valence-corrected chi connectivity index (χ1v) is 4.38. The molecular weight excluding hydrogens is 174 g/mol.